The van der Waals surface area contributed by atoms with Crippen LogP contribution in [0.3, 0.4) is 0 Å². The lowest BCUT2D eigenvalue weighted by molar-refractivity contribution is 0.156. The number of hydrogen-bond donors (Lipinski definition) is 2. The lowest BCUT2D eigenvalue weighted by Crippen LogP contribution is -2.38. The Kier molecular flexibility index (Phi) is 2.83. The van der Waals surface area contributed by atoms with Gasteiger partial charge in [-0.15, -0.1) is 0 Å². The lowest BCUT2D eigenvalue weighted by atomic mass is 9.70. The van der Waals surface area contributed by atoms with Gasteiger partial charge in [0.1, 0.15) is 0 Å². The second kappa shape index (κ2) is 4.34. The van der Waals surface area contributed by atoms with Crippen LogP contribution in [0.5, 0.6) is 0 Å². The van der Waals surface area contributed by atoms with Gasteiger partial charge in [0, 0.05) is 31.2 Å². The molecule has 0 radical (unpaired) electrons. The summed E-state index contributed by atoms with van der Waals surface area (Å²) in [6.07, 6.45) is 4.23. The van der Waals surface area contributed by atoms with Crippen LogP contribution in [-0.4, -0.2) is 19.6 Å². The smallest absolute Gasteiger partial charge is 0.0376 e. The fourth-order valence-corrected chi connectivity index (χ4v) is 3.04. The van der Waals surface area contributed by atoms with Gasteiger partial charge in [0.25, 0.3) is 0 Å². The second-order valence-corrected chi connectivity index (χ2v) is 5.96. The van der Waals surface area contributed by atoms with E-state index < -0.39 is 0 Å². The monoisotopic (exact) mass is 230 g/mol. The van der Waals surface area contributed by atoms with Crippen molar-refractivity contribution >= 4 is 5.69 Å². The highest BCUT2D eigenvalue weighted by molar-refractivity contribution is 5.57. The van der Waals surface area contributed by atoms with E-state index in [1.807, 2.05) is 0 Å². The maximum atomic E-state index is 3.67. The molecule has 3 rings (SSSR count). The van der Waals surface area contributed by atoms with Crippen LogP contribution in [0.4, 0.5) is 5.69 Å². The second-order valence-electron chi connectivity index (χ2n) is 5.96. The molecule has 17 heavy (non-hydrogen) atoms. The van der Waals surface area contributed by atoms with E-state index in [2.05, 4.69) is 41.8 Å². The zero-order valence-electron chi connectivity index (χ0n) is 10.6. The summed E-state index contributed by atoms with van der Waals surface area (Å²) in [4.78, 5) is 0. The third kappa shape index (κ3) is 2.19. The predicted octanol–water partition coefficient (Wildman–Crippen LogP) is 2.98. The highest BCUT2D eigenvalue weighted by Crippen LogP contribution is 2.39. The average molecular weight is 230 g/mol. The number of nitrogens with one attached hydrogen (secondary N) is 2. The summed E-state index contributed by atoms with van der Waals surface area (Å²) in [6, 6.07) is 8.69. The standard InChI is InChI=1S/C15H22N2/c1-15(7-4-8-15)11-16-9-12-10-17-14-6-3-2-5-13(12)14/h2-3,5-6,12,16-17H,4,7-11H2,1H3. The maximum Gasteiger partial charge on any atom is 0.0376 e. The molecule has 0 saturated heterocycles. The van der Waals surface area contributed by atoms with Gasteiger partial charge in [-0.2, -0.15) is 0 Å². The van der Waals surface area contributed by atoms with Gasteiger partial charge in [-0.25, -0.2) is 0 Å². The first-order chi connectivity index (χ1) is 8.27. The van der Waals surface area contributed by atoms with Crippen LogP contribution < -0.4 is 10.6 Å². The normalized spacial score (nSPS) is 24.9. The van der Waals surface area contributed by atoms with E-state index in [1.165, 1.54) is 37.1 Å². The number of benzene rings is 1. The Morgan fingerprint density at radius 2 is 2.18 bits per heavy atom. The molecule has 1 atom stereocenters. The van der Waals surface area contributed by atoms with Gasteiger partial charge >= 0.3 is 0 Å². The van der Waals surface area contributed by atoms with Gasteiger partial charge in [-0.1, -0.05) is 31.5 Å². The minimum atomic E-state index is 0.589. The topological polar surface area (TPSA) is 24.1 Å². The number of anilines is 1. The van der Waals surface area contributed by atoms with E-state index in [1.54, 1.807) is 0 Å². The minimum absolute atomic E-state index is 0.589. The number of hydrogen-bond acceptors (Lipinski definition) is 2. The van der Waals surface area contributed by atoms with Crippen LogP contribution in [0.15, 0.2) is 24.3 Å². The Hall–Kier alpha value is -1.02. The quantitative estimate of drug-likeness (QED) is 0.831. The molecule has 2 heteroatoms. The van der Waals surface area contributed by atoms with Crippen LogP contribution >= 0.6 is 0 Å². The van der Waals surface area contributed by atoms with Crippen LogP contribution in [0, 0.1) is 5.41 Å². The molecule has 2 aliphatic rings. The minimum Gasteiger partial charge on any atom is -0.384 e. The first-order valence-electron chi connectivity index (χ1n) is 6.80. The van der Waals surface area contributed by atoms with Crippen LogP contribution in [0.1, 0.15) is 37.7 Å². The first-order valence-corrected chi connectivity index (χ1v) is 6.80. The summed E-state index contributed by atoms with van der Waals surface area (Å²) in [5, 5.41) is 7.16. The third-order valence-electron chi connectivity index (χ3n) is 4.44. The highest BCUT2D eigenvalue weighted by atomic mass is 15.0. The van der Waals surface area contributed by atoms with Crippen LogP contribution in [0.2, 0.25) is 0 Å². The van der Waals surface area contributed by atoms with E-state index in [0.717, 1.165) is 13.1 Å². The van der Waals surface area contributed by atoms with Crippen molar-refractivity contribution in [1.82, 2.24) is 5.32 Å². The molecule has 0 bridgehead atoms. The van der Waals surface area contributed by atoms with Crippen molar-refractivity contribution < 1.29 is 0 Å². The van der Waals surface area contributed by atoms with Gasteiger partial charge < -0.3 is 10.6 Å². The van der Waals surface area contributed by atoms with E-state index in [9.17, 15) is 0 Å². The van der Waals surface area contributed by atoms with E-state index >= 15 is 0 Å². The molecule has 1 saturated carbocycles. The molecule has 1 aromatic carbocycles. The van der Waals surface area contributed by atoms with E-state index in [-0.39, 0.29) is 0 Å². The van der Waals surface area contributed by atoms with Crippen molar-refractivity contribution in [2.75, 3.05) is 25.0 Å². The molecule has 1 aliphatic carbocycles. The Morgan fingerprint density at radius 3 is 2.94 bits per heavy atom. The van der Waals surface area contributed by atoms with Crippen molar-refractivity contribution in [3.8, 4) is 0 Å². The van der Waals surface area contributed by atoms with Crippen molar-refractivity contribution in [2.45, 2.75) is 32.1 Å². The molecule has 1 aromatic rings. The van der Waals surface area contributed by atoms with E-state index in [4.69, 9.17) is 0 Å². The van der Waals surface area contributed by atoms with E-state index in [0.29, 0.717) is 11.3 Å². The summed E-state index contributed by atoms with van der Waals surface area (Å²) in [6.45, 7) is 5.79. The molecule has 0 aromatic heterocycles. The van der Waals surface area contributed by atoms with Crippen molar-refractivity contribution in [2.24, 2.45) is 5.41 Å². The summed E-state index contributed by atoms with van der Waals surface area (Å²) in [7, 11) is 0. The Morgan fingerprint density at radius 1 is 1.35 bits per heavy atom. The number of fused-ring (bicyclic) bond motifs is 1. The summed E-state index contributed by atoms with van der Waals surface area (Å²) in [5.74, 6) is 0.648. The van der Waals surface area contributed by atoms with Gasteiger partial charge in [-0.05, 0) is 29.9 Å². The Labute approximate surface area is 104 Å². The third-order valence-corrected chi connectivity index (χ3v) is 4.44. The van der Waals surface area contributed by atoms with Crippen molar-refractivity contribution in [1.29, 1.82) is 0 Å². The van der Waals surface area contributed by atoms with Gasteiger partial charge in [0.15, 0.2) is 0 Å². The Balaban J connectivity index is 1.53. The predicted molar refractivity (Wildman–Crippen MR) is 72.5 cm³/mol. The first kappa shape index (κ1) is 11.1. The molecule has 1 heterocycles. The molecule has 92 valence electrons. The van der Waals surface area contributed by atoms with Gasteiger partial charge in [0.2, 0.25) is 0 Å². The Bertz CT molecular complexity index is 396. The van der Waals surface area contributed by atoms with Gasteiger partial charge in [-0.3, -0.25) is 0 Å². The molecule has 0 spiro atoms. The molecule has 2 nitrogen and oxygen atoms in total. The summed E-state index contributed by atoms with van der Waals surface area (Å²) < 4.78 is 0. The molecule has 1 aliphatic heterocycles. The molecule has 2 N–H and O–H groups in total. The SMILES string of the molecule is CC1(CNCC2CNc3ccccc32)CCC1. The molecule has 1 unspecified atom stereocenters. The highest BCUT2D eigenvalue weighted by Gasteiger charge is 2.31. The molecule has 0 amide bonds. The molecular weight excluding hydrogens is 208 g/mol. The van der Waals surface area contributed by atoms with Crippen molar-refractivity contribution in [3.63, 3.8) is 0 Å². The van der Waals surface area contributed by atoms with Crippen LogP contribution in [0.25, 0.3) is 0 Å². The average Bonchev–Trinajstić information content (AvgIpc) is 2.71. The zero-order chi connectivity index (χ0) is 11.7. The van der Waals surface area contributed by atoms with Crippen molar-refractivity contribution in [3.05, 3.63) is 29.8 Å². The fourth-order valence-electron chi connectivity index (χ4n) is 3.04. The maximum absolute atomic E-state index is 3.67. The van der Waals surface area contributed by atoms with Gasteiger partial charge in [0.05, 0.1) is 0 Å². The molecule has 1 fully saturated rings. The lowest BCUT2D eigenvalue weighted by Gasteiger charge is -2.38. The number of para-hydroxylation sites is 1. The fraction of sp³-hybridized carbons (Fsp3) is 0.600. The summed E-state index contributed by atoms with van der Waals surface area (Å²) >= 11 is 0. The summed E-state index contributed by atoms with van der Waals surface area (Å²) in [5.41, 5.74) is 3.40. The largest absolute Gasteiger partial charge is 0.384 e. The zero-order valence-corrected chi connectivity index (χ0v) is 10.6. The molecular formula is C15H22N2. The number of rotatable bonds is 4. The van der Waals surface area contributed by atoms with Crippen LogP contribution in [-0.2, 0) is 0 Å².